The number of nitrogens with two attached hydrogens (primary N) is 1. The van der Waals surface area contributed by atoms with Gasteiger partial charge in [-0.25, -0.2) is 4.79 Å². The number of nitro groups is 1. The van der Waals surface area contributed by atoms with Gasteiger partial charge in [-0.1, -0.05) is 6.08 Å². The summed E-state index contributed by atoms with van der Waals surface area (Å²) < 4.78 is 11.6. The molecule has 31 heavy (non-hydrogen) atoms. The third-order valence-electron chi connectivity index (χ3n) is 5.55. The van der Waals surface area contributed by atoms with E-state index in [4.69, 9.17) is 15.2 Å². The second kappa shape index (κ2) is 9.13. The number of benzene rings is 1. The lowest BCUT2D eigenvalue weighted by molar-refractivity contribution is -0.384. The number of carbonyl (C=O) groups is 1. The van der Waals surface area contributed by atoms with E-state index in [1.54, 1.807) is 11.0 Å². The second-order valence-electron chi connectivity index (χ2n) is 9.15. The average Bonchev–Trinajstić information content (AvgIpc) is 3.14. The Balaban J connectivity index is 1.83. The van der Waals surface area contributed by atoms with E-state index in [2.05, 4.69) is 11.0 Å². The molecule has 1 amide bonds. The van der Waals surface area contributed by atoms with E-state index in [0.29, 0.717) is 12.3 Å². The molecule has 1 aromatic carbocycles. The molecule has 170 valence electrons. The third-order valence-corrected chi connectivity index (χ3v) is 5.55. The zero-order valence-electron chi connectivity index (χ0n) is 18.7. The van der Waals surface area contributed by atoms with Crippen molar-refractivity contribution in [3.8, 4) is 5.75 Å². The normalized spacial score (nSPS) is 19.8. The standard InChI is InChI=1S/C22H32N4O5/c1-22(2,3)31-21(27)25-11-5-6-16(25)14-30-20-17(15-9-12-24(4)13-10-15)7-8-18(19(20)23)26(28)29/h7-9,16H,5-6,10-14,23H2,1-4H3. The summed E-state index contributed by atoms with van der Waals surface area (Å²) in [5.74, 6) is 0.320. The molecule has 0 aliphatic carbocycles. The van der Waals surface area contributed by atoms with Crippen LogP contribution in [0, 0.1) is 10.1 Å². The number of amides is 1. The number of carbonyl (C=O) groups excluding carboxylic acids is 1. The molecule has 0 spiro atoms. The zero-order valence-corrected chi connectivity index (χ0v) is 18.7. The number of likely N-dealkylation sites (N-methyl/N-ethyl adjacent to an activating group) is 1. The maximum Gasteiger partial charge on any atom is 0.410 e. The number of likely N-dealkylation sites (tertiary alicyclic amines) is 1. The van der Waals surface area contributed by atoms with Crippen molar-refractivity contribution >= 4 is 23.0 Å². The number of anilines is 1. The van der Waals surface area contributed by atoms with Crippen LogP contribution in [0.3, 0.4) is 0 Å². The first-order valence-corrected chi connectivity index (χ1v) is 10.6. The van der Waals surface area contributed by atoms with E-state index in [0.717, 1.165) is 43.5 Å². The molecular weight excluding hydrogens is 400 g/mol. The molecule has 0 bridgehead atoms. The molecule has 2 heterocycles. The molecule has 0 radical (unpaired) electrons. The van der Waals surface area contributed by atoms with Crippen molar-refractivity contribution in [3.05, 3.63) is 33.9 Å². The van der Waals surface area contributed by atoms with Gasteiger partial charge in [0.1, 0.15) is 12.2 Å². The van der Waals surface area contributed by atoms with Crippen molar-refractivity contribution in [2.24, 2.45) is 0 Å². The van der Waals surface area contributed by atoms with Crippen molar-refractivity contribution in [3.63, 3.8) is 0 Å². The van der Waals surface area contributed by atoms with Crippen LogP contribution in [0.4, 0.5) is 16.2 Å². The lowest BCUT2D eigenvalue weighted by Gasteiger charge is -2.29. The largest absolute Gasteiger partial charge is 0.488 e. The predicted octanol–water partition coefficient (Wildman–Crippen LogP) is 3.67. The molecule has 2 aliphatic heterocycles. The van der Waals surface area contributed by atoms with E-state index in [1.165, 1.54) is 6.07 Å². The number of nitro benzene ring substituents is 1. The monoisotopic (exact) mass is 432 g/mol. The molecule has 2 N–H and O–H groups in total. The minimum absolute atomic E-state index is 0.0177. The summed E-state index contributed by atoms with van der Waals surface area (Å²) >= 11 is 0. The van der Waals surface area contributed by atoms with Gasteiger partial charge in [0.15, 0.2) is 11.4 Å². The molecule has 1 unspecified atom stereocenters. The predicted molar refractivity (Wildman–Crippen MR) is 119 cm³/mol. The first kappa shape index (κ1) is 22.9. The maximum atomic E-state index is 12.6. The van der Waals surface area contributed by atoms with Crippen molar-refractivity contribution in [1.82, 2.24) is 9.80 Å². The van der Waals surface area contributed by atoms with Gasteiger partial charge in [0, 0.05) is 31.3 Å². The van der Waals surface area contributed by atoms with E-state index >= 15 is 0 Å². The Morgan fingerprint density at radius 2 is 2.06 bits per heavy atom. The van der Waals surface area contributed by atoms with Crippen molar-refractivity contribution in [1.29, 1.82) is 0 Å². The quantitative estimate of drug-likeness (QED) is 0.429. The molecule has 1 aromatic rings. The molecule has 1 fully saturated rings. The zero-order chi connectivity index (χ0) is 22.8. The molecule has 9 heteroatoms. The maximum absolute atomic E-state index is 12.6. The number of hydrogen-bond acceptors (Lipinski definition) is 7. The molecule has 3 rings (SSSR count). The van der Waals surface area contributed by atoms with Gasteiger partial charge in [-0.2, -0.15) is 0 Å². The Kier molecular flexibility index (Phi) is 6.74. The molecule has 1 atom stereocenters. The van der Waals surface area contributed by atoms with Crippen LogP contribution in [-0.2, 0) is 4.74 Å². The summed E-state index contributed by atoms with van der Waals surface area (Å²) in [5, 5.41) is 11.4. The highest BCUT2D eigenvalue weighted by molar-refractivity contribution is 5.81. The van der Waals surface area contributed by atoms with Crippen LogP contribution in [-0.4, -0.2) is 65.7 Å². The fourth-order valence-electron chi connectivity index (χ4n) is 3.92. The van der Waals surface area contributed by atoms with Crippen LogP contribution in [0.1, 0.15) is 45.6 Å². The number of rotatable bonds is 5. The van der Waals surface area contributed by atoms with Crippen LogP contribution in [0.5, 0.6) is 5.75 Å². The highest BCUT2D eigenvalue weighted by atomic mass is 16.6. The van der Waals surface area contributed by atoms with Crippen LogP contribution in [0.15, 0.2) is 18.2 Å². The Hall–Kier alpha value is -2.81. The molecule has 9 nitrogen and oxygen atoms in total. The minimum Gasteiger partial charge on any atom is -0.488 e. The summed E-state index contributed by atoms with van der Waals surface area (Å²) in [6, 6.07) is 2.97. The number of ether oxygens (including phenoxy) is 2. The fraction of sp³-hybridized carbons (Fsp3) is 0.591. The van der Waals surface area contributed by atoms with Crippen molar-refractivity contribution in [2.45, 2.75) is 51.7 Å². The number of nitrogens with zero attached hydrogens (tertiary/aromatic N) is 3. The van der Waals surface area contributed by atoms with E-state index in [1.807, 2.05) is 27.8 Å². The van der Waals surface area contributed by atoms with Crippen LogP contribution >= 0.6 is 0 Å². The molecule has 0 aromatic heterocycles. The van der Waals surface area contributed by atoms with Crippen LogP contribution in [0.2, 0.25) is 0 Å². The second-order valence-corrected chi connectivity index (χ2v) is 9.15. The van der Waals surface area contributed by atoms with Gasteiger partial charge in [-0.05, 0) is 58.7 Å². The van der Waals surface area contributed by atoms with Crippen LogP contribution in [0.25, 0.3) is 5.57 Å². The highest BCUT2D eigenvalue weighted by Crippen LogP contribution is 2.40. The molecule has 1 saturated heterocycles. The van der Waals surface area contributed by atoms with Gasteiger partial charge in [-0.3, -0.25) is 10.1 Å². The van der Waals surface area contributed by atoms with E-state index < -0.39 is 10.5 Å². The first-order chi connectivity index (χ1) is 14.6. The minimum atomic E-state index is -0.580. The average molecular weight is 433 g/mol. The molecule has 0 saturated carbocycles. The summed E-state index contributed by atoms with van der Waals surface area (Å²) in [6.45, 7) is 7.97. The van der Waals surface area contributed by atoms with Gasteiger partial charge >= 0.3 is 6.09 Å². The Bertz CT molecular complexity index is 877. The van der Waals surface area contributed by atoms with Gasteiger partial charge in [0.05, 0.1) is 11.0 Å². The summed E-state index contributed by atoms with van der Waals surface area (Å²) in [7, 11) is 2.04. The Morgan fingerprint density at radius 3 is 2.68 bits per heavy atom. The molecule has 2 aliphatic rings. The number of hydrogen-bond donors (Lipinski definition) is 1. The van der Waals surface area contributed by atoms with Gasteiger partial charge < -0.3 is 25.0 Å². The van der Waals surface area contributed by atoms with Gasteiger partial charge in [-0.15, -0.1) is 0 Å². The smallest absolute Gasteiger partial charge is 0.410 e. The van der Waals surface area contributed by atoms with Gasteiger partial charge in [0.2, 0.25) is 0 Å². The Labute approximate surface area is 182 Å². The first-order valence-electron chi connectivity index (χ1n) is 10.6. The van der Waals surface area contributed by atoms with E-state index in [-0.39, 0.29) is 30.1 Å². The van der Waals surface area contributed by atoms with Gasteiger partial charge in [0.25, 0.3) is 5.69 Å². The summed E-state index contributed by atoms with van der Waals surface area (Å²) in [4.78, 5) is 27.3. The topological polar surface area (TPSA) is 111 Å². The lowest BCUT2D eigenvalue weighted by atomic mass is 9.97. The number of nitrogen functional groups attached to an aromatic ring is 1. The van der Waals surface area contributed by atoms with Crippen molar-refractivity contribution < 1.29 is 19.2 Å². The fourth-order valence-corrected chi connectivity index (χ4v) is 3.92. The Morgan fingerprint density at radius 1 is 1.32 bits per heavy atom. The van der Waals surface area contributed by atoms with E-state index in [9.17, 15) is 14.9 Å². The SMILES string of the molecule is CN1CC=C(c2ccc([N+](=O)[O-])c(N)c2OCC2CCCN2C(=O)OC(C)(C)C)CC1. The summed E-state index contributed by atoms with van der Waals surface area (Å²) in [5.41, 5.74) is 7.27. The van der Waals surface area contributed by atoms with Crippen molar-refractivity contribution in [2.75, 3.05) is 39.0 Å². The third kappa shape index (κ3) is 5.46. The molecular formula is C22H32N4O5. The lowest BCUT2D eigenvalue weighted by Crippen LogP contribution is -2.42. The highest BCUT2D eigenvalue weighted by Gasteiger charge is 2.33. The summed E-state index contributed by atoms with van der Waals surface area (Å²) in [6.07, 6.45) is 4.15. The van der Waals surface area contributed by atoms with Crippen LogP contribution < -0.4 is 10.5 Å².